The second-order valence-corrected chi connectivity index (χ2v) is 16.6. The predicted molar refractivity (Wildman–Crippen MR) is 239 cm³/mol. The smallest absolute Gasteiger partial charge is 0.312 e. The molecule has 0 radical (unpaired) electrons. The van der Waals surface area contributed by atoms with Gasteiger partial charge >= 0.3 is 11.8 Å². The SMILES string of the molecule is CO[C@H]1C=CO[C@@]2(C)Oc3c(C)c(O)c4c(O)c(c(/C=N/OCCCCOc5ccccc5)c(O)c4c3C2=O)NC(=O)/C(C)=C\C=C/[C@H](C)[C@H](O)[C@@H](C)[C@@H](O)[C@@H](C)[C@H](OC(C)=O)[C@@H]1C. The molecule has 3 aliphatic rings. The number of Topliss-reactive ketones (excluding diaryl/α,β-unsaturated/α-hetero) is 1. The zero-order valence-electron chi connectivity index (χ0n) is 37.7. The number of ether oxygens (including phenoxy) is 5. The van der Waals surface area contributed by atoms with Crippen molar-refractivity contribution in [3.8, 4) is 28.7 Å². The fourth-order valence-electron chi connectivity index (χ4n) is 7.99. The van der Waals surface area contributed by atoms with Crippen molar-refractivity contribution in [3.05, 3.63) is 83.2 Å². The monoisotopic (exact) mass is 888 g/mol. The number of aliphatic hydroxyl groups is 2. The number of nitrogens with one attached hydrogen (secondary N) is 1. The van der Waals surface area contributed by atoms with Gasteiger partial charge in [-0.15, -0.1) is 0 Å². The summed E-state index contributed by atoms with van der Waals surface area (Å²) < 4.78 is 29.3. The number of methoxy groups -OCH3 is 1. The quantitative estimate of drug-likeness (QED) is 0.0302. The number of carbonyl (C=O) groups is 3. The molecule has 0 spiro atoms. The number of unbranched alkanes of at least 4 members (excludes halogenated alkanes) is 1. The van der Waals surface area contributed by atoms with Gasteiger partial charge in [-0.25, -0.2) is 0 Å². The predicted octanol–water partition coefficient (Wildman–Crippen LogP) is 6.96. The Morgan fingerprint density at radius 3 is 2.27 bits per heavy atom. The van der Waals surface area contributed by atoms with Gasteiger partial charge in [-0.2, -0.15) is 0 Å². The summed E-state index contributed by atoms with van der Waals surface area (Å²) in [6.45, 7) is 13.0. The molecule has 3 aromatic carbocycles. The number of nitrogens with zero attached hydrogens (tertiary/aromatic N) is 1. The Labute approximate surface area is 372 Å². The third-order valence-corrected chi connectivity index (χ3v) is 11.9. The molecule has 6 rings (SSSR count). The Bertz CT molecular complexity index is 2310. The van der Waals surface area contributed by atoms with E-state index in [0.29, 0.717) is 19.4 Å². The number of para-hydroxylation sites is 1. The van der Waals surface area contributed by atoms with Crippen LogP contribution in [0.2, 0.25) is 0 Å². The Morgan fingerprint density at radius 2 is 1.59 bits per heavy atom. The van der Waals surface area contributed by atoms with Crippen molar-refractivity contribution in [1.29, 1.82) is 0 Å². The van der Waals surface area contributed by atoms with Gasteiger partial charge in [0.05, 0.1) is 59.6 Å². The summed E-state index contributed by atoms with van der Waals surface area (Å²) in [5, 5.41) is 64.4. The fraction of sp³-hybridized carbons (Fsp3) is 0.458. The number of fused-ring (bicyclic) bond motifs is 14. The molecule has 16 heteroatoms. The Morgan fingerprint density at radius 1 is 0.906 bits per heavy atom. The molecule has 346 valence electrons. The van der Waals surface area contributed by atoms with Crippen molar-refractivity contribution >= 4 is 40.3 Å². The summed E-state index contributed by atoms with van der Waals surface area (Å²) in [7, 11) is 1.43. The first kappa shape index (κ1) is 48.9. The van der Waals surface area contributed by atoms with Crippen LogP contribution in [-0.4, -0.2) is 99.9 Å². The third-order valence-electron chi connectivity index (χ3n) is 11.9. The van der Waals surface area contributed by atoms with Gasteiger partial charge in [-0.1, -0.05) is 69.3 Å². The average molecular weight is 889 g/mol. The minimum absolute atomic E-state index is 0.0255. The summed E-state index contributed by atoms with van der Waals surface area (Å²) in [5.41, 5.74) is -0.669. The van der Waals surface area contributed by atoms with Crippen molar-refractivity contribution < 1.29 is 68.4 Å². The molecule has 0 aromatic heterocycles. The number of ketones is 1. The number of aromatic hydroxyl groups is 3. The van der Waals surface area contributed by atoms with E-state index in [2.05, 4.69) is 10.5 Å². The summed E-state index contributed by atoms with van der Waals surface area (Å²) in [5.74, 6) is -8.02. The van der Waals surface area contributed by atoms with E-state index < -0.39 is 88.8 Å². The number of rotatable bonds is 10. The third kappa shape index (κ3) is 10.5. The zero-order chi connectivity index (χ0) is 47.0. The van der Waals surface area contributed by atoms with Crippen LogP contribution in [0, 0.1) is 30.6 Å². The van der Waals surface area contributed by atoms with E-state index in [1.807, 2.05) is 30.3 Å². The van der Waals surface area contributed by atoms with Crippen molar-refractivity contribution in [2.75, 3.05) is 25.6 Å². The van der Waals surface area contributed by atoms with E-state index >= 15 is 0 Å². The van der Waals surface area contributed by atoms with E-state index in [1.165, 1.54) is 53.2 Å². The van der Waals surface area contributed by atoms with Crippen LogP contribution in [0.15, 0.2) is 71.6 Å². The number of phenolic OH excluding ortho intramolecular Hbond substituents is 3. The molecule has 0 fully saturated rings. The van der Waals surface area contributed by atoms with Gasteiger partial charge < -0.3 is 59.4 Å². The molecule has 16 nitrogen and oxygen atoms in total. The number of oxime groups is 1. The standard InChI is InChI=1S/C48H60N2O14/c1-25-16-15-17-26(2)47(58)50-38-33(24-49-62-22-14-13-21-60-32-18-11-10-12-19-32)42(55)35-36(43(38)56)41(54)30(6)45-37(35)46(57)48(8,64-45)61-23-20-34(59-9)27(3)44(63-31(7)51)29(5)40(53)28(4)39(25)52/h10-12,15-20,23-25,27-29,34,39-40,44,52-56H,13-14,21-22H2,1-9H3,(H,50,58)/b16-15-,23-20?,26-17-,49-24+/t25-,27+,28+,29+,34-,39-,40+,44+,48-/m0/s1. The fourth-order valence-corrected chi connectivity index (χ4v) is 7.99. The lowest BCUT2D eigenvalue weighted by Gasteiger charge is -2.38. The van der Waals surface area contributed by atoms with Crippen LogP contribution in [-0.2, 0) is 28.6 Å². The Hall–Kier alpha value is -6.10. The number of benzene rings is 3. The molecule has 3 aliphatic heterocycles. The van der Waals surface area contributed by atoms with Crippen molar-refractivity contribution in [2.45, 2.75) is 98.4 Å². The number of phenols is 3. The molecule has 0 saturated heterocycles. The van der Waals surface area contributed by atoms with Crippen LogP contribution in [0.4, 0.5) is 5.69 Å². The van der Waals surface area contributed by atoms with E-state index in [9.17, 15) is 39.9 Å². The van der Waals surface area contributed by atoms with Crippen LogP contribution in [0.5, 0.6) is 28.7 Å². The number of hydrogen-bond donors (Lipinski definition) is 6. The van der Waals surface area contributed by atoms with Gasteiger partial charge in [0.1, 0.15) is 35.7 Å². The topological polar surface area (TPSA) is 232 Å². The number of esters is 1. The van der Waals surface area contributed by atoms with E-state index in [1.54, 1.807) is 39.8 Å². The van der Waals surface area contributed by atoms with Crippen LogP contribution in [0.3, 0.4) is 0 Å². The molecular weight excluding hydrogens is 829 g/mol. The highest BCUT2D eigenvalue weighted by Crippen LogP contribution is 2.55. The van der Waals surface area contributed by atoms with Gasteiger partial charge in [0.2, 0.25) is 0 Å². The zero-order valence-corrected chi connectivity index (χ0v) is 37.7. The summed E-state index contributed by atoms with van der Waals surface area (Å²) in [4.78, 5) is 46.0. The molecule has 0 unspecified atom stereocenters. The van der Waals surface area contributed by atoms with E-state index in [4.69, 9.17) is 28.5 Å². The second-order valence-electron chi connectivity index (χ2n) is 16.6. The maximum atomic E-state index is 14.4. The molecule has 6 N–H and O–H groups in total. The number of allylic oxidation sites excluding steroid dienone is 2. The summed E-state index contributed by atoms with van der Waals surface area (Å²) >= 11 is 0. The molecule has 64 heavy (non-hydrogen) atoms. The number of anilines is 1. The van der Waals surface area contributed by atoms with Crippen LogP contribution in [0.25, 0.3) is 10.8 Å². The van der Waals surface area contributed by atoms with E-state index in [-0.39, 0.29) is 51.1 Å². The summed E-state index contributed by atoms with van der Waals surface area (Å²) in [6, 6.07) is 9.33. The number of aliphatic hydroxyl groups excluding tert-OH is 2. The molecule has 3 heterocycles. The Kier molecular flexibility index (Phi) is 16.1. The number of amides is 1. The molecule has 5 bridgehead atoms. The number of carbonyl (C=O) groups excluding carboxylic acids is 3. The highest BCUT2D eigenvalue weighted by molar-refractivity contribution is 6.23. The molecule has 9 atom stereocenters. The van der Waals surface area contributed by atoms with Gasteiger partial charge in [-0.05, 0) is 44.9 Å². The minimum atomic E-state index is -2.08. The highest BCUT2D eigenvalue weighted by Gasteiger charge is 2.50. The number of hydrogen-bond acceptors (Lipinski definition) is 15. The molecular formula is C48H60N2O14. The second kappa shape index (κ2) is 21.1. The van der Waals surface area contributed by atoms with Gasteiger partial charge in [0.15, 0.2) is 5.75 Å². The van der Waals surface area contributed by atoms with Crippen molar-refractivity contribution in [1.82, 2.24) is 0 Å². The lowest BCUT2D eigenvalue weighted by molar-refractivity contribution is -0.160. The van der Waals surface area contributed by atoms with Gasteiger partial charge in [0, 0.05) is 61.2 Å². The lowest BCUT2D eigenvalue weighted by atomic mass is 9.78. The normalized spacial score (nSPS) is 28.0. The first-order chi connectivity index (χ1) is 30.3. The van der Waals surface area contributed by atoms with Crippen LogP contribution < -0.4 is 14.8 Å². The average Bonchev–Trinajstić information content (AvgIpc) is 3.53. The summed E-state index contributed by atoms with van der Waals surface area (Å²) in [6.07, 6.45) is 5.66. The molecule has 3 aromatic rings. The van der Waals surface area contributed by atoms with Crippen LogP contribution in [0.1, 0.15) is 82.8 Å². The Balaban J connectivity index is 1.59. The molecule has 1 amide bonds. The largest absolute Gasteiger partial charge is 0.507 e. The minimum Gasteiger partial charge on any atom is -0.507 e. The molecule has 0 aliphatic carbocycles. The maximum absolute atomic E-state index is 14.4. The van der Waals surface area contributed by atoms with Crippen LogP contribution >= 0.6 is 0 Å². The van der Waals surface area contributed by atoms with Gasteiger partial charge in [0.25, 0.3) is 11.7 Å². The highest BCUT2D eigenvalue weighted by atomic mass is 16.7. The van der Waals surface area contributed by atoms with Gasteiger partial charge in [-0.3, -0.25) is 14.4 Å². The molecule has 0 saturated carbocycles. The van der Waals surface area contributed by atoms with E-state index in [0.717, 1.165) is 12.0 Å². The van der Waals surface area contributed by atoms with Crippen molar-refractivity contribution in [2.24, 2.45) is 28.8 Å². The van der Waals surface area contributed by atoms with Crippen molar-refractivity contribution in [3.63, 3.8) is 0 Å². The lowest BCUT2D eigenvalue weighted by Crippen LogP contribution is -2.46. The maximum Gasteiger partial charge on any atom is 0.312 e. The first-order valence-electron chi connectivity index (χ1n) is 21.3. The first-order valence-corrected chi connectivity index (χ1v) is 21.3.